The maximum atomic E-state index is 13.0. The lowest BCUT2D eigenvalue weighted by atomic mass is 9.76. The number of rotatable bonds is 4. The number of ether oxygens (including phenoxy) is 1. The fraction of sp³-hybridized carbons (Fsp3) is 0.250. The van der Waals surface area contributed by atoms with Crippen molar-refractivity contribution in [2.75, 3.05) is 7.11 Å². The predicted octanol–water partition coefficient (Wildman–Crippen LogP) is 5.10. The molecule has 160 valence electrons. The van der Waals surface area contributed by atoms with Gasteiger partial charge < -0.3 is 14.6 Å². The molecule has 1 aliphatic carbocycles. The quantitative estimate of drug-likeness (QED) is 0.593. The largest absolute Gasteiger partial charge is 0.491 e. The molecule has 2 atom stereocenters. The van der Waals surface area contributed by atoms with E-state index in [1.54, 1.807) is 19.3 Å². The molecule has 0 saturated heterocycles. The van der Waals surface area contributed by atoms with Crippen molar-refractivity contribution in [2.24, 2.45) is 7.05 Å². The summed E-state index contributed by atoms with van der Waals surface area (Å²) in [5.74, 6) is -0.125. The minimum atomic E-state index is -0.348. The van der Waals surface area contributed by atoms with Crippen LogP contribution in [0, 0.1) is 0 Å². The number of aryl methyl sites for hydroxylation is 1. The molecule has 4 rings (SSSR count). The van der Waals surface area contributed by atoms with Gasteiger partial charge in [-0.2, -0.15) is 0 Å². The summed E-state index contributed by atoms with van der Waals surface area (Å²) in [6.07, 6.45) is 3.16. The Morgan fingerprint density at radius 1 is 1.06 bits per heavy atom. The van der Waals surface area contributed by atoms with E-state index in [4.69, 9.17) is 27.9 Å². The van der Waals surface area contributed by atoms with Gasteiger partial charge in [-0.25, -0.2) is 0 Å². The monoisotopic (exact) mass is 456 g/mol. The average molecular weight is 457 g/mol. The molecule has 7 heteroatoms. The molecule has 1 aromatic heterocycles. The Bertz CT molecular complexity index is 1210. The number of carbonyl (C=O) groups excluding carboxylic acids is 1. The van der Waals surface area contributed by atoms with Gasteiger partial charge in [0.15, 0.2) is 5.75 Å². The van der Waals surface area contributed by atoms with E-state index in [-0.39, 0.29) is 34.7 Å². The summed E-state index contributed by atoms with van der Waals surface area (Å²) in [6, 6.07) is 15.2. The van der Waals surface area contributed by atoms with E-state index in [1.165, 1.54) is 11.7 Å². The van der Waals surface area contributed by atoms with E-state index in [9.17, 15) is 9.59 Å². The van der Waals surface area contributed by atoms with Gasteiger partial charge in [-0.05, 0) is 47.7 Å². The van der Waals surface area contributed by atoms with E-state index in [1.807, 2.05) is 36.4 Å². The number of methoxy groups -OCH3 is 1. The van der Waals surface area contributed by atoms with Crippen LogP contribution in [0.5, 0.6) is 5.75 Å². The van der Waals surface area contributed by atoms with Crippen LogP contribution >= 0.6 is 23.2 Å². The average Bonchev–Trinajstić information content (AvgIpc) is 2.77. The Morgan fingerprint density at radius 2 is 1.81 bits per heavy atom. The maximum absolute atomic E-state index is 13.0. The Labute approximate surface area is 190 Å². The van der Waals surface area contributed by atoms with Gasteiger partial charge in [0.2, 0.25) is 0 Å². The van der Waals surface area contributed by atoms with Crippen LogP contribution in [0.15, 0.2) is 59.5 Å². The van der Waals surface area contributed by atoms with Crippen LogP contribution in [0.2, 0.25) is 10.0 Å². The standard InChI is InChI=1S/C24H22Cl2N2O3/c1-28-12-11-18(22(31-2)24(28)30)23(29)27-21-10-8-15(16-5-3-4-6-17(16)21)14-7-9-19(25)20(26)13-14/h3-7,9,11-13,15,21H,8,10H2,1-2H3,(H,27,29)/t15?,21-/m0/s1. The van der Waals surface area contributed by atoms with Crippen molar-refractivity contribution >= 4 is 29.1 Å². The van der Waals surface area contributed by atoms with Crippen molar-refractivity contribution < 1.29 is 9.53 Å². The van der Waals surface area contributed by atoms with Gasteiger partial charge in [-0.15, -0.1) is 0 Å². The summed E-state index contributed by atoms with van der Waals surface area (Å²) >= 11 is 12.3. The summed E-state index contributed by atoms with van der Waals surface area (Å²) in [7, 11) is 3.01. The van der Waals surface area contributed by atoms with Gasteiger partial charge in [0.05, 0.1) is 28.8 Å². The van der Waals surface area contributed by atoms with Crippen LogP contribution in [-0.2, 0) is 7.05 Å². The molecule has 5 nitrogen and oxygen atoms in total. The lowest BCUT2D eigenvalue weighted by Crippen LogP contribution is -2.33. The van der Waals surface area contributed by atoms with E-state index in [0.717, 1.165) is 29.5 Å². The summed E-state index contributed by atoms with van der Waals surface area (Å²) in [6.45, 7) is 0. The third-order valence-electron chi connectivity index (χ3n) is 5.81. The second-order valence-corrected chi connectivity index (χ2v) is 8.45. The van der Waals surface area contributed by atoms with Crippen molar-refractivity contribution in [1.82, 2.24) is 9.88 Å². The molecule has 1 unspecified atom stereocenters. The van der Waals surface area contributed by atoms with Gasteiger partial charge >= 0.3 is 0 Å². The highest BCUT2D eigenvalue weighted by Crippen LogP contribution is 2.42. The molecule has 1 amide bonds. The molecule has 3 aromatic rings. The van der Waals surface area contributed by atoms with Gasteiger partial charge in [-0.3, -0.25) is 9.59 Å². The number of amides is 1. The number of nitrogens with one attached hydrogen (secondary N) is 1. The Hall–Kier alpha value is -2.76. The Kier molecular flexibility index (Phi) is 6.08. The lowest BCUT2D eigenvalue weighted by molar-refractivity contribution is 0.0928. The number of nitrogens with zero attached hydrogens (tertiary/aromatic N) is 1. The van der Waals surface area contributed by atoms with Gasteiger partial charge in [0, 0.05) is 19.2 Å². The van der Waals surface area contributed by atoms with Crippen LogP contribution < -0.4 is 15.6 Å². The SMILES string of the molecule is COc1c(C(=O)N[C@H]2CCC(c3ccc(Cl)c(Cl)c3)c3ccccc32)ccn(C)c1=O. The number of hydrogen-bond acceptors (Lipinski definition) is 3. The predicted molar refractivity (Wildman–Crippen MR) is 122 cm³/mol. The first kappa shape index (κ1) is 21.5. The fourth-order valence-electron chi connectivity index (χ4n) is 4.23. The van der Waals surface area contributed by atoms with Gasteiger partial charge in [-0.1, -0.05) is 53.5 Å². The zero-order chi connectivity index (χ0) is 22.1. The molecule has 1 heterocycles. The van der Waals surface area contributed by atoms with Crippen molar-refractivity contribution in [1.29, 1.82) is 0 Å². The minimum Gasteiger partial charge on any atom is -0.491 e. The molecule has 0 spiro atoms. The second kappa shape index (κ2) is 8.77. The molecule has 1 N–H and O–H groups in total. The van der Waals surface area contributed by atoms with Crippen LogP contribution in [0.4, 0.5) is 0 Å². The number of halogens is 2. The van der Waals surface area contributed by atoms with Gasteiger partial charge in [0.25, 0.3) is 11.5 Å². The molecule has 0 aliphatic heterocycles. The smallest absolute Gasteiger partial charge is 0.293 e. The first-order valence-electron chi connectivity index (χ1n) is 9.99. The van der Waals surface area contributed by atoms with E-state index >= 15 is 0 Å². The van der Waals surface area contributed by atoms with E-state index < -0.39 is 0 Å². The highest BCUT2D eigenvalue weighted by molar-refractivity contribution is 6.42. The number of carbonyl (C=O) groups is 1. The number of aromatic nitrogens is 1. The molecule has 0 radical (unpaired) electrons. The third kappa shape index (κ3) is 4.08. The molecule has 0 fully saturated rings. The van der Waals surface area contributed by atoms with Crippen LogP contribution in [0.1, 0.15) is 51.8 Å². The molecule has 2 aromatic carbocycles. The van der Waals surface area contributed by atoms with Crippen LogP contribution in [0.25, 0.3) is 0 Å². The molecule has 1 aliphatic rings. The normalized spacial score (nSPS) is 17.7. The number of pyridine rings is 1. The van der Waals surface area contributed by atoms with Crippen LogP contribution in [0.3, 0.4) is 0 Å². The first-order valence-corrected chi connectivity index (χ1v) is 10.7. The van der Waals surface area contributed by atoms with Crippen molar-refractivity contribution in [3.8, 4) is 5.75 Å². The van der Waals surface area contributed by atoms with Crippen LogP contribution in [-0.4, -0.2) is 17.6 Å². The zero-order valence-electron chi connectivity index (χ0n) is 17.2. The maximum Gasteiger partial charge on any atom is 0.293 e. The summed E-state index contributed by atoms with van der Waals surface area (Å²) in [4.78, 5) is 25.3. The van der Waals surface area contributed by atoms with Gasteiger partial charge in [0.1, 0.15) is 0 Å². The van der Waals surface area contributed by atoms with Crippen molar-refractivity contribution in [3.63, 3.8) is 0 Å². The van der Waals surface area contributed by atoms with E-state index in [2.05, 4.69) is 11.4 Å². The Morgan fingerprint density at radius 3 is 2.52 bits per heavy atom. The highest BCUT2D eigenvalue weighted by Gasteiger charge is 2.30. The summed E-state index contributed by atoms with van der Waals surface area (Å²) < 4.78 is 6.60. The lowest BCUT2D eigenvalue weighted by Gasteiger charge is -2.32. The number of hydrogen-bond donors (Lipinski definition) is 1. The topological polar surface area (TPSA) is 60.3 Å². The highest BCUT2D eigenvalue weighted by atomic mass is 35.5. The van der Waals surface area contributed by atoms with Crippen molar-refractivity contribution in [3.05, 3.63) is 97.4 Å². The zero-order valence-corrected chi connectivity index (χ0v) is 18.7. The third-order valence-corrected chi connectivity index (χ3v) is 6.55. The number of fused-ring (bicyclic) bond motifs is 1. The minimum absolute atomic E-state index is 0.0419. The molecule has 31 heavy (non-hydrogen) atoms. The molecular weight excluding hydrogens is 435 g/mol. The Balaban J connectivity index is 1.65. The van der Waals surface area contributed by atoms with Crippen molar-refractivity contribution in [2.45, 2.75) is 24.8 Å². The molecule has 0 saturated carbocycles. The first-order chi connectivity index (χ1) is 14.9. The summed E-state index contributed by atoms with van der Waals surface area (Å²) in [5, 5.41) is 4.15. The number of benzene rings is 2. The second-order valence-electron chi connectivity index (χ2n) is 7.64. The molecule has 0 bridgehead atoms. The fourth-order valence-corrected chi connectivity index (χ4v) is 4.54. The molecular formula is C24H22Cl2N2O3. The summed E-state index contributed by atoms with van der Waals surface area (Å²) in [5.41, 5.74) is 3.18. The van der Waals surface area contributed by atoms with E-state index in [0.29, 0.717) is 10.0 Å².